The van der Waals surface area contributed by atoms with Gasteiger partial charge < -0.3 is 15.3 Å². The van der Waals surface area contributed by atoms with Crippen molar-refractivity contribution in [3.05, 3.63) is 0 Å². The quantitative estimate of drug-likeness (QED) is 0.683. The number of rotatable bonds is 2. The highest BCUT2D eigenvalue weighted by atomic mass is 16.3. The Bertz CT molecular complexity index is 239. The number of carbonyl (C=O) groups is 1. The summed E-state index contributed by atoms with van der Waals surface area (Å²) in [5.41, 5.74) is 0. The zero-order chi connectivity index (χ0) is 10.8. The molecule has 2 rings (SSSR count). The molecule has 0 bridgehead atoms. The van der Waals surface area contributed by atoms with E-state index in [0.29, 0.717) is 6.04 Å². The van der Waals surface area contributed by atoms with E-state index >= 15 is 0 Å². The smallest absolute Gasteiger partial charge is 0.242 e. The molecule has 2 atom stereocenters. The van der Waals surface area contributed by atoms with E-state index in [1.165, 1.54) is 12.8 Å². The molecule has 1 heterocycles. The second kappa shape index (κ2) is 4.49. The molecular formula is C11H20N2O2. The van der Waals surface area contributed by atoms with E-state index in [1.54, 1.807) is 0 Å². The summed E-state index contributed by atoms with van der Waals surface area (Å²) in [6.45, 7) is 2.79. The minimum Gasteiger partial charge on any atom is -0.394 e. The monoisotopic (exact) mass is 212 g/mol. The minimum atomic E-state index is -0.373. The van der Waals surface area contributed by atoms with Crippen LogP contribution in [-0.4, -0.2) is 47.2 Å². The van der Waals surface area contributed by atoms with Gasteiger partial charge in [-0.1, -0.05) is 12.8 Å². The van der Waals surface area contributed by atoms with Crippen molar-refractivity contribution in [2.75, 3.05) is 13.2 Å². The molecule has 1 saturated carbocycles. The zero-order valence-electron chi connectivity index (χ0n) is 9.28. The number of nitrogens with one attached hydrogen (secondary N) is 1. The molecule has 0 aromatic rings. The Kier molecular flexibility index (Phi) is 3.26. The van der Waals surface area contributed by atoms with Crippen molar-refractivity contribution in [3.63, 3.8) is 0 Å². The van der Waals surface area contributed by atoms with E-state index < -0.39 is 0 Å². The molecular weight excluding hydrogens is 192 g/mol. The van der Waals surface area contributed by atoms with Gasteiger partial charge in [-0.25, -0.2) is 0 Å². The highest BCUT2D eigenvalue weighted by Crippen LogP contribution is 2.26. The fourth-order valence-electron chi connectivity index (χ4n) is 2.76. The first-order valence-corrected chi connectivity index (χ1v) is 5.90. The molecule has 2 aliphatic rings. The second-order valence-electron chi connectivity index (χ2n) is 4.68. The average molecular weight is 212 g/mol. The molecule has 15 heavy (non-hydrogen) atoms. The summed E-state index contributed by atoms with van der Waals surface area (Å²) >= 11 is 0. The predicted molar refractivity (Wildman–Crippen MR) is 57.4 cm³/mol. The molecule has 1 saturated heterocycles. The normalized spacial score (nSPS) is 33.7. The molecule has 2 unspecified atom stereocenters. The summed E-state index contributed by atoms with van der Waals surface area (Å²) in [7, 11) is 0. The van der Waals surface area contributed by atoms with Crippen molar-refractivity contribution < 1.29 is 9.90 Å². The highest BCUT2D eigenvalue weighted by Gasteiger charge is 2.37. The number of piperazine rings is 1. The van der Waals surface area contributed by atoms with Crippen LogP contribution < -0.4 is 5.32 Å². The van der Waals surface area contributed by atoms with Crippen molar-refractivity contribution in [2.45, 2.75) is 50.7 Å². The molecule has 4 nitrogen and oxygen atoms in total. The Hall–Kier alpha value is -0.610. The molecule has 1 aliphatic heterocycles. The van der Waals surface area contributed by atoms with Crippen LogP contribution in [0.15, 0.2) is 0 Å². The Balaban J connectivity index is 2.08. The third-order valence-electron chi connectivity index (χ3n) is 3.59. The summed E-state index contributed by atoms with van der Waals surface area (Å²) < 4.78 is 0. The van der Waals surface area contributed by atoms with Crippen molar-refractivity contribution in [1.82, 2.24) is 10.2 Å². The van der Waals surface area contributed by atoms with Gasteiger partial charge in [0, 0.05) is 18.6 Å². The average Bonchev–Trinajstić information content (AvgIpc) is 2.71. The third-order valence-corrected chi connectivity index (χ3v) is 3.59. The van der Waals surface area contributed by atoms with E-state index in [9.17, 15) is 4.79 Å². The van der Waals surface area contributed by atoms with Gasteiger partial charge in [0.15, 0.2) is 0 Å². The van der Waals surface area contributed by atoms with E-state index in [4.69, 9.17) is 5.11 Å². The van der Waals surface area contributed by atoms with Crippen LogP contribution in [0, 0.1) is 0 Å². The molecule has 0 aromatic heterocycles. The van der Waals surface area contributed by atoms with Crippen LogP contribution in [0.25, 0.3) is 0 Å². The number of hydrogen-bond acceptors (Lipinski definition) is 3. The van der Waals surface area contributed by atoms with Gasteiger partial charge in [-0.05, 0) is 19.8 Å². The fourth-order valence-corrected chi connectivity index (χ4v) is 2.76. The molecule has 1 aliphatic carbocycles. The molecule has 4 heteroatoms. The number of amides is 1. The summed E-state index contributed by atoms with van der Waals surface area (Å²) in [6, 6.07) is 0.314. The van der Waals surface area contributed by atoms with Gasteiger partial charge in [-0.3, -0.25) is 4.79 Å². The standard InChI is InChI=1S/C11H20N2O2/c1-8-6-12-10(7-14)11(15)13(8)9-4-2-3-5-9/h8-10,12,14H,2-7H2,1H3. The summed E-state index contributed by atoms with van der Waals surface area (Å²) in [5.74, 6) is 0.0863. The van der Waals surface area contributed by atoms with Gasteiger partial charge >= 0.3 is 0 Å². The van der Waals surface area contributed by atoms with Crippen molar-refractivity contribution >= 4 is 5.91 Å². The first kappa shape index (κ1) is 10.9. The molecule has 1 amide bonds. The molecule has 2 N–H and O–H groups in total. The van der Waals surface area contributed by atoms with Crippen LogP contribution in [0.4, 0.5) is 0 Å². The van der Waals surface area contributed by atoms with Gasteiger partial charge in [0.1, 0.15) is 6.04 Å². The minimum absolute atomic E-state index is 0.0863. The molecule has 0 radical (unpaired) electrons. The first-order chi connectivity index (χ1) is 7.24. The lowest BCUT2D eigenvalue weighted by atomic mass is 10.1. The second-order valence-corrected chi connectivity index (χ2v) is 4.68. The highest BCUT2D eigenvalue weighted by molar-refractivity contribution is 5.83. The maximum absolute atomic E-state index is 12.1. The zero-order valence-corrected chi connectivity index (χ0v) is 9.28. The van der Waals surface area contributed by atoms with Crippen LogP contribution >= 0.6 is 0 Å². The van der Waals surface area contributed by atoms with Gasteiger partial charge in [-0.15, -0.1) is 0 Å². The lowest BCUT2D eigenvalue weighted by Crippen LogP contribution is -2.62. The SMILES string of the molecule is CC1CNC(CO)C(=O)N1C1CCCC1. The summed E-state index contributed by atoms with van der Waals surface area (Å²) in [5, 5.41) is 12.2. The van der Waals surface area contributed by atoms with Crippen LogP contribution in [0.1, 0.15) is 32.6 Å². The Morgan fingerprint density at radius 3 is 2.73 bits per heavy atom. The largest absolute Gasteiger partial charge is 0.394 e. The fraction of sp³-hybridized carbons (Fsp3) is 0.909. The van der Waals surface area contributed by atoms with Gasteiger partial charge in [0.05, 0.1) is 6.61 Å². The van der Waals surface area contributed by atoms with Crippen LogP contribution in [0.2, 0.25) is 0 Å². The van der Waals surface area contributed by atoms with Crippen molar-refractivity contribution in [1.29, 1.82) is 0 Å². The summed E-state index contributed by atoms with van der Waals surface area (Å²) in [4.78, 5) is 14.1. The number of nitrogens with zero attached hydrogens (tertiary/aromatic N) is 1. The van der Waals surface area contributed by atoms with Crippen molar-refractivity contribution in [2.24, 2.45) is 0 Å². The molecule has 0 aromatic carbocycles. The Morgan fingerprint density at radius 1 is 1.47 bits per heavy atom. The molecule has 0 spiro atoms. The van der Waals surface area contributed by atoms with E-state index in [0.717, 1.165) is 19.4 Å². The number of hydrogen-bond donors (Lipinski definition) is 2. The van der Waals surface area contributed by atoms with Gasteiger partial charge in [-0.2, -0.15) is 0 Å². The lowest BCUT2D eigenvalue weighted by Gasteiger charge is -2.41. The molecule has 2 fully saturated rings. The Labute approximate surface area is 90.6 Å². The summed E-state index contributed by atoms with van der Waals surface area (Å²) in [6.07, 6.45) is 4.74. The predicted octanol–water partition coefficient (Wildman–Crippen LogP) is 0.110. The first-order valence-electron chi connectivity index (χ1n) is 5.90. The third kappa shape index (κ3) is 2.01. The van der Waals surface area contributed by atoms with Crippen LogP contribution in [-0.2, 0) is 4.79 Å². The van der Waals surface area contributed by atoms with Gasteiger partial charge in [0.2, 0.25) is 5.91 Å². The van der Waals surface area contributed by atoms with E-state index in [-0.39, 0.29) is 24.6 Å². The van der Waals surface area contributed by atoms with Crippen LogP contribution in [0.3, 0.4) is 0 Å². The maximum atomic E-state index is 12.1. The number of aliphatic hydroxyl groups excluding tert-OH is 1. The maximum Gasteiger partial charge on any atom is 0.242 e. The Morgan fingerprint density at radius 2 is 2.13 bits per heavy atom. The van der Waals surface area contributed by atoms with E-state index in [2.05, 4.69) is 12.2 Å². The van der Waals surface area contributed by atoms with Gasteiger partial charge in [0.25, 0.3) is 0 Å². The topological polar surface area (TPSA) is 52.6 Å². The lowest BCUT2D eigenvalue weighted by molar-refractivity contribution is -0.142. The van der Waals surface area contributed by atoms with E-state index in [1.807, 2.05) is 4.90 Å². The van der Waals surface area contributed by atoms with Crippen LogP contribution in [0.5, 0.6) is 0 Å². The van der Waals surface area contributed by atoms with Crippen molar-refractivity contribution in [3.8, 4) is 0 Å². The number of carbonyl (C=O) groups excluding carboxylic acids is 1. The number of aliphatic hydroxyl groups is 1. The molecule has 86 valence electrons.